The van der Waals surface area contributed by atoms with Crippen LogP contribution in [-0.2, 0) is 4.79 Å². The Hall–Kier alpha value is -1.26. The number of hydrogen-bond acceptors (Lipinski definition) is 2. The smallest absolute Gasteiger partial charge is 0.314 e. The number of rotatable bonds is 3. The van der Waals surface area contributed by atoms with E-state index in [1.165, 1.54) is 7.05 Å². The van der Waals surface area contributed by atoms with E-state index in [0.29, 0.717) is 13.0 Å². The lowest BCUT2D eigenvalue weighted by Crippen LogP contribution is -2.35. The largest absolute Gasteiger partial charge is 0.359 e. The molecule has 5 nitrogen and oxygen atoms in total. The molecular formula is C6H13N3O2. The van der Waals surface area contributed by atoms with Crippen molar-refractivity contribution in [3.05, 3.63) is 0 Å². The molecule has 5 heteroatoms. The molecule has 3 amide bonds. The van der Waals surface area contributed by atoms with Gasteiger partial charge in [-0.3, -0.25) is 4.79 Å². The molecule has 0 heterocycles. The van der Waals surface area contributed by atoms with Crippen LogP contribution in [0.2, 0.25) is 0 Å². The number of nitrogens with one attached hydrogen (secondary N) is 3. The van der Waals surface area contributed by atoms with Crippen molar-refractivity contribution in [2.45, 2.75) is 6.42 Å². The predicted octanol–water partition coefficient (Wildman–Crippen LogP) is -0.948. The molecular weight excluding hydrogens is 146 g/mol. The summed E-state index contributed by atoms with van der Waals surface area (Å²) in [5.74, 6) is -0.0820. The second-order valence-electron chi connectivity index (χ2n) is 1.93. The van der Waals surface area contributed by atoms with E-state index in [1.807, 2.05) is 0 Å². The van der Waals surface area contributed by atoms with Crippen LogP contribution in [0.4, 0.5) is 4.79 Å². The highest BCUT2D eigenvalue weighted by Crippen LogP contribution is 1.74. The van der Waals surface area contributed by atoms with Crippen molar-refractivity contribution < 1.29 is 9.59 Å². The lowest BCUT2D eigenvalue weighted by atomic mass is 10.4. The van der Waals surface area contributed by atoms with E-state index >= 15 is 0 Å². The molecule has 11 heavy (non-hydrogen) atoms. The molecule has 0 rings (SSSR count). The van der Waals surface area contributed by atoms with Gasteiger partial charge in [-0.25, -0.2) is 4.79 Å². The summed E-state index contributed by atoms with van der Waals surface area (Å²) >= 11 is 0. The van der Waals surface area contributed by atoms with Gasteiger partial charge >= 0.3 is 6.03 Å². The van der Waals surface area contributed by atoms with E-state index in [2.05, 4.69) is 16.0 Å². The monoisotopic (exact) mass is 159 g/mol. The van der Waals surface area contributed by atoms with Gasteiger partial charge in [0.15, 0.2) is 0 Å². The topological polar surface area (TPSA) is 70.2 Å². The summed E-state index contributed by atoms with van der Waals surface area (Å²) in [7, 11) is 3.08. The van der Waals surface area contributed by atoms with Crippen LogP contribution in [0, 0.1) is 0 Å². The SMILES string of the molecule is CNC(=O)CCNC(=O)NC. The van der Waals surface area contributed by atoms with E-state index in [-0.39, 0.29) is 11.9 Å². The van der Waals surface area contributed by atoms with Gasteiger partial charge < -0.3 is 16.0 Å². The molecule has 3 N–H and O–H groups in total. The summed E-state index contributed by atoms with van der Waals surface area (Å²) in [5, 5.41) is 7.31. The highest BCUT2D eigenvalue weighted by atomic mass is 16.2. The fourth-order valence-electron chi connectivity index (χ4n) is 0.503. The number of hydrogen-bond donors (Lipinski definition) is 3. The maximum atomic E-state index is 10.6. The molecule has 0 aliphatic rings. The van der Waals surface area contributed by atoms with Gasteiger partial charge in [0, 0.05) is 27.1 Å². The average Bonchev–Trinajstić information content (AvgIpc) is 2.04. The van der Waals surface area contributed by atoms with Gasteiger partial charge in [0.1, 0.15) is 0 Å². The van der Waals surface area contributed by atoms with Crippen molar-refractivity contribution in [1.82, 2.24) is 16.0 Å². The number of urea groups is 1. The molecule has 0 spiro atoms. The van der Waals surface area contributed by atoms with Crippen LogP contribution < -0.4 is 16.0 Å². The highest BCUT2D eigenvalue weighted by Gasteiger charge is 1.98. The highest BCUT2D eigenvalue weighted by molar-refractivity contribution is 5.77. The van der Waals surface area contributed by atoms with Gasteiger partial charge in [0.2, 0.25) is 5.91 Å². The molecule has 0 aromatic carbocycles. The maximum Gasteiger partial charge on any atom is 0.314 e. The predicted molar refractivity (Wildman–Crippen MR) is 41.1 cm³/mol. The van der Waals surface area contributed by atoms with Crippen molar-refractivity contribution in [3.8, 4) is 0 Å². The normalized spacial score (nSPS) is 8.55. The standard InChI is InChI=1S/C6H13N3O2/c1-7-5(10)3-4-9-6(11)8-2/h3-4H2,1-2H3,(H,7,10)(H2,8,9,11). The number of amides is 3. The second-order valence-corrected chi connectivity index (χ2v) is 1.93. The fraction of sp³-hybridized carbons (Fsp3) is 0.667. The van der Waals surface area contributed by atoms with Crippen LogP contribution in [-0.4, -0.2) is 32.6 Å². The van der Waals surface area contributed by atoms with Gasteiger partial charge in [-0.1, -0.05) is 0 Å². The molecule has 0 bridgehead atoms. The third-order valence-corrected chi connectivity index (χ3v) is 1.14. The molecule has 0 saturated heterocycles. The fourth-order valence-corrected chi connectivity index (χ4v) is 0.503. The van der Waals surface area contributed by atoms with Gasteiger partial charge in [-0.15, -0.1) is 0 Å². The van der Waals surface area contributed by atoms with Gasteiger partial charge in [-0.2, -0.15) is 0 Å². The lowest BCUT2D eigenvalue weighted by Gasteiger charge is -2.02. The van der Waals surface area contributed by atoms with Gasteiger partial charge in [-0.05, 0) is 0 Å². The van der Waals surface area contributed by atoms with Crippen molar-refractivity contribution in [1.29, 1.82) is 0 Å². The molecule has 0 aromatic rings. The average molecular weight is 159 g/mol. The lowest BCUT2D eigenvalue weighted by molar-refractivity contribution is -0.120. The molecule has 0 aliphatic carbocycles. The quantitative estimate of drug-likeness (QED) is 0.497. The summed E-state index contributed by atoms with van der Waals surface area (Å²) in [5.41, 5.74) is 0. The molecule has 0 aliphatic heterocycles. The van der Waals surface area contributed by atoms with Crippen LogP contribution in [0.3, 0.4) is 0 Å². The summed E-state index contributed by atoms with van der Waals surface area (Å²) < 4.78 is 0. The van der Waals surface area contributed by atoms with E-state index in [9.17, 15) is 9.59 Å². The molecule has 0 atom stereocenters. The minimum atomic E-state index is -0.270. The Morgan fingerprint density at radius 2 is 1.82 bits per heavy atom. The van der Waals surface area contributed by atoms with Crippen LogP contribution >= 0.6 is 0 Å². The molecule has 0 unspecified atom stereocenters. The summed E-state index contributed by atoms with van der Waals surface area (Å²) in [6, 6.07) is -0.270. The van der Waals surface area contributed by atoms with E-state index < -0.39 is 0 Å². The van der Waals surface area contributed by atoms with E-state index in [1.54, 1.807) is 7.05 Å². The van der Waals surface area contributed by atoms with Gasteiger partial charge in [0.05, 0.1) is 0 Å². The van der Waals surface area contributed by atoms with Crippen molar-refractivity contribution in [2.24, 2.45) is 0 Å². The van der Waals surface area contributed by atoms with Crippen LogP contribution in [0.5, 0.6) is 0 Å². The van der Waals surface area contributed by atoms with Crippen LogP contribution in [0.1, 0.15) is 6.42 Å². The zero-order valence-corrected chi connectivity index (χ0v) is 6.73. The first-order chi connectivity index (χ1) is 5.20. The second kappa shape index (κ2) is 5.52. The minimum absolute atomic E-state index is 0.0820. The number of carbonyl (C=O) groups excluding carboxylic acids is 2. The number of carbonyl (C=O) groups is 2. The minimum Gasteiger partial charge on any atom is -0.359 e. The Balaban J connectivity index is 3.27. The zero-order chi connectivity index (χ0) is 8.69. The van der Waals surface area contributed by atoms with Crippen molar-refractivity contribution in [2.75, 3.05) is 20.6 Å². The third kappa shape index (κ3) is 5.20. The van der Waals surface area contributed by atoms with Crippen molar-refractivity contribution >= 4 is 11.9 Å². The Morgan fingerprint density at radius 1 is 1.18 bits per heavy atom. The third-order valence-electron chi connectivity index (χ3n) is 1.14. The Kier molecular flexibility index (Phi) is 4.89. The van der Waals surface area contributed by atoms with E-state index in [0.717, 1.165) is 0 Å². The summed E-state index contributed by atoms with van der Waals surface area (Å²) in [4.78, 5) is 21.1. The molecule has 0 fully saturated rings. The molecule has 0 aromatic heterocycles. The molecule has 0 radical (unpaired) electrons. The van der Waals surface area contributed by atoms with Gasteiger partial charge in [0.25, 0.3) is 0 Å². The maximum absolute atomic E-state index is 10.6. The first-order valence-corrected chi connectivity index (χ1v) is 3.37. The zero-order valence-electron chi connectivity index (χ0n) is 6.73. The Morgan fingerprint density at radius 3 is 2.27 bits per heavy atom. The molecule has 64 valence electrons. The first-order valence-electron chi connectivity index (χ1n) is 3.37. The summed E-state index contributed by atoms with van der Waals surface area (Å²) in [6.07, 6.45) is 0.309. The van der Waals surface area contributed by atoms with Crippen molar-refractivity contribution in [3.63, 3.8) is 0 Å². The first kappa shape index (κ1) is 9.74. The van der Waals surface area contributed by atoms with E-state index in [4.69, 9.17) is 0 Å². The summed E-state index contributed by atoms with van der Waals surface area (Å²) in [6.45, 7) is 0.360. The Labute approximate surface area is 65.5 Å². The van der Waals surface area contributed by atoms with Crippen LogP contribution in [0.15, 0.2) is 0 Å². The Bertz CT molecular complexity index is 131. The van der Waals surface area contributed by atoms with Crippen LogP contribution in [0.25, 0.3) is 0 Å². The molecule has 0 saturated carbocycles.